The van der Waals surface area contributed by atoms with Crippen LogP contribution in [-0.4, -0.2) is 31.7 Å². The van der Waals surface area contributed by atoms with Gasteiger partial charge in [-0.05, 0) is 31.1 Å². The molecule has 2 aliphatic carbocycles. The monoisotopic (exact) mass is 238 g/mol. The molecule has 1 spiro atoms. The van der Waals surface area contributed by atoms with Crippen molar-refractivity contribution >= 4 is 6.29 Å². The Kier molecular flexibility index (Phi) is 2.99. The number of hydrogen-bond donors (Lipinski definition) is 0. The van der Waals surface area contributed by atoms with Crippen LogP contribution in [0.4, 0.5) is 0 Å². The van der Waals surface area contributed by atoms with Crippen LogP contribution < -0.4 is 0 Å². The fourth-order valence-corrected chi connectivity index (χ4v) is 4.42. The lowest BCUT2D eigenvalue weighted by atomic mass is 9.72. The van der Waals surface area contributed by atoms with Crippen molar-refractivity contribution in [3.05, 3.63) is 0 Å². The van der Waals surface area contributed by atoms with Crippen LogP contribution in [0.15, 0.2) is 0 Å². The van der Waals surface area contributed by atoms with E-state index < -0.39 is 0 Å². The molecule has 1 aliphatic heterocycles. The molecule has 0 aromatic heterocycles. The van der Waals surface area contributed by atoms with Crippen molar-refractivity contribution in [2.75, 3.05) is 7.11 Å². The van der Waals surface area contributed by atoms with Crippen LogP contribution in [0.5, 0.6) is 0 Å². The molecule has 3 fully saturated rings. The first-order chi connectivity index (χ1) is 8.28. The Hall–Kier alpha value is -0.410. The lowest BCUT2D eigenvalue weighted by molar-refractivity contribution is -0.122. The summed E-state index contributed by atoms with van der Waals surface area (Å²) in [6.45, 7) is 0. The highest BCUT2D eigenvalue weighted by molar-refractivity contribution is 5.58. The summed E-state index contributed by atoms with van der Waals surface area (Å²) in [4.78, 5) is 11.0. The van der Waals surface area contributed by atoms with Gasteiger partial charge in [-0.3, -0.25) is 0 Å². The molecule has 0 radical (unpaired) electrons. The standard InChI is InChI=1S/C14H22O3/c1-16-13-10-7-14(5-3-2-4-6-14)8-11(10)17-12(13)9-15/h9-13H,2-8H2,1H3/t10-,11+,12+,13+/m0/s1. The van der Waals surface area contributed by atoms with Gasteiger partial charge < -0.3 is 14.3 Å². The van der Waals surface area contributed by atoms with Crippen LogP contribution in [0, 0.1) is 11.3 Å². The van der Waals surface area contributed by atoms with Gasteiger partial charge in [-0.1, -0.05) is 19.3 Å². The predicted molar refractivity (Wildman–Crippen MR) is 63.8 cm³/mol. The summed E-state index contributed by atoms with van der Waals surface area (Å²) in [6.07, 6.45) is 10.1. The van der Waals surface area contributed by atoms with Gasteiger partial charge in [0, 0.05) is 13.0 Å². The van der Waals surface area contributed by atoms with E-state index in [9.17, 15) is 4.79 Å². The molecule has 96 valence electrons. The van der Waals surface area contributed by atoms with Crippen LogP contribution in [-0.2, 0) is 14.3 Å². The first-order valence-corrected chi connectivity index (χ1v) is 6.92. The fourth-order valence-electron chi connectivity index (χ4n) is 4.42. The van der Waals surface area contributed by atoms with Crippen molar-refractivity contribution in [2.24, 2.45) is 11.3 Å². The minimum absolute atomic E-state index is 0.00111. The molecule has 3 nitrogen and oxygen atoms in total. The second-order valence-corrected chi connectivity index (χ2v) is 6.11. The topological polar surface area (TPSA) is 35.5 Å². The van der Waals surface area contributed by atoms with E-state index >= 15 is 0 Å². The molecule has 1 saturated heterocycles. The van der Waals surface area contributed by atoms with Gasteiger partial charge in [-0.15, -0.1) is 0 Å². The normalized spacial score (nSPS) is 43.8. The molecule has 2 saturated carbocycles. The van der Waals surface area contributed by atoms with E-state index in [0.29, 0.717) is 11.3 Å². The van der Waals surface area contributed by atoms with Crippen LogP contribution in [0.1, 0.15) is 44.9 Å². The average molecular weight is 238 g/mol. The van der Waals surface area contributed by atoms with Gasteiger partial charge in [-0.2, -0.15) is 0 Å². The molecule has 0 amide bonds. The lowest BCUT2D eigenvalue weighted by Crippen LogP contribution is -2.32. The summed E-state index contributed by atoms with van der Waals surface area (Å²) in [7, 11) is 1.71. The predicted octanol–water partition coefficient (Wildman–Crippen LogP) is 2.33. The molecule has 3 rings (SSSR count). The highest BCUT2D eigenvalue weighted by atomic mass is 16.6. The molecule has 0 bridgehead atoms. The van der Waals surface area contributed by atoms with Crippen LogP contribution >= 0.6 is 0 Å². The second kappa shape index (κ2) is 4.36. The maximum absolute atomic E-state index is 11.0. The van der Waals surface area contributed by atoms with Crippen molar-refractivity contribution in [3.8, 4) is 0 Å². The van der Waals surface area contributed by atoms with Gasteiger partial charge in [-0.25, -0.2) is 0 Å². The van der Waals surface area contributed by atoms with Gasteiger partial charge in [0.05, 0.1) is 12.2 Å². The van der Waals surface area contributed by atoms with Crippen molar-refractivity contribution in [1.29, 1.82) is 0 Å². The van der Waals surface area contributed by atoms with Crippen molar-refractivity contribution in [3.63, 3.8) is 0 Å². The zero-order valence-corrected chi connectivity index (χ0v) is 10.6. The van der Waals surface area contributed by atoms with Crippen LogP contribution in [0.2, 0.25) is 0 Å². The Labute approximate surface area is 103 Å². The minimum Gasteiger partial charge on any atom is -0.378 e. The number of fused-ring (bicyclic) bond motifs is 1. The lowest BCUT2D eigenvalue weighted by Gasteiger charge is -2.35. The van der Waals surface area contributed by atoms with Crippen molar-refractivity contribution in [2.45, 2.75) is 63.3 Å². The minimum atomic E-state index is -0.323. The Morgan fingerprint density at radius 3 is 2.65 bits per heavy atom. The van der Waals surface area contributed by atoms with Crippen molar-refractivity contribution in [1.82, 2.24) is 0 Å². The number of carbonyl (C=O) groups is 1. The van der Waals surface area contributed by atoms with E-state index in [1.807, 2.05) is 0 Å². The average Bonchev–Trinajstić information content (AvgIpc) is 2.83. The SMILES string of the molecule is CO[C@@H]1[C@H]2CC3(CCCCC3)C[C@H]2O[C@@H]1C=O. The molecule has 0 aromatic rings. The number of ether oxygens (including phenoxy) is 2. The summed E-state index contributed by atoms with van der Waals surface area (Å²) in [5.41, 5.74) is 0.512. The molecule has 3 heteroatoms. The number of carbonyl (C=O) groups excluding carboxylic acids is 1. The zero-order chi connectivity index (χ0) is 11.9. The zero-order valence-electron chi connectivity index (χ0n) is 10.6. The Balaban J connectivity index is 1.74. The largest absolute Gasteiger partial charge is 0.378 e. The third kappa shape index (κ3) is 1.84. The Morgan fingerprint density at radius 1 is 1.24 bits per heavy atom. The van der Waals surface area contributed by atoms with E-state index in [2.05, 4.69) is 0 Å². The summed E-state index contributed by atoms with van der Waals surface area (Å²) < 4.78 is 11.4. The van der Waals surface area contributed by atoms with Crippen molar-refractivity contribution < 1.29 is 14.3 Å². The maximum Gasteiger partial charge on any atom is 0.151 e. The quantitative estimate of drug-likeness (QED) is 0.693. The Morgan fingerprint density at radius 2 is 2.00 bits per heavy atom. The molecule has 0 aromatic carbocycles. The molecule has 0 unspecified atom stereocenters. The summed E-state index contributed by atoms with van der Waals surface area (Å²) in [5.74, 6) is 0.452. The first-order valence-electron chi connectivity index (χ1n) is 6.92. The summed E-state index contributed by atoms with van der Waals surface area (Å²) >= 11 is 0. The maximum atomic E-state index is 11.0. The molecule has 4 atom stereocenters. The number of methoxy groups -OCH3 is 1. The molecule has 0 N–H and O–H groups in total. The van der Waals surface area contributed by atoms with Gasteiger partial charge in [0.15, 0.2) is 6.29 Å². The third-order valence-corrected chi connectivity index (χ3v) is 5.18. The highest BCUT2D eigenvalue weighted by Crippen LogP contribution is 2.55. The second-order valence-electron chi connectivity index (χ2n) is 6.11. The smallest absolute Gasteiger partial charge is 0.151 e. The number of hydrogen-bond acceptors (Lipinski definition) is 3. The van der Waals surface area contributed by atoms with E-state index in [1.54, 1.807) is 7.11 Å². The van der Waals surface area contributed by atoms with Crippen LogP contribution in [0.25, 0.3) is 0 Å². The van der Waals surface area contributed by atoms with E-state index in [-0.39, 0.29) is 18.3 Å². The molecular formula is C14H22O3. The van der Waals surface area contributed by atoms with E-state index in [4.69, 9.17) is 9.47 Å². The molecule has 17 heavy (non-hydrogen) atoms. The van der Waals surface area contributed by atoms with E-state index in [0.717, 1.165) is 12.7 Å². The number of rotatable bonds is 2. The molecular weight excluding hydrogens is 216 g/mol. The van der Waals surface area contributed by atoms with E-state index in [1.165, 1.54) is 38.5 Å². The molecule has 3 aliphatic rings. The Bertz CT molecular complexity index is 296. The first kappa shape index (κ1) is 11.7. The van der Waals surface area contributed by atoms with Gasteiger partial charge >= 0.3 is 0 Å². The van der Waals surface area contributed by atoms with Gasteiger partial charge in [0.2, 0.25) is 0 Å². The summed E-state index contributed by atoms with van der Waals surface area (Å²) in [6, 6.07) is 0. The molecule has 1 heterocycles. The third-order valence-electron chi connectivity index (χ3n) is 5.18. The van der Waals surface area contributed by atoms with Crippen LogP contribution in [0.3, 0.4) is 0 Å². The number of aldehydes is 1. The van der Waals surface area contributed by atoms with Gasteiger partial charge in [0.25, 0.3) is 0 Å². The van der Waals surface area contributed by atoms with Gasteiger partial charge in [0.1, 0.15) is 6.10 Å². The fraction of sp³-hybridized carbons (Fsp3) is 0.929. The highest BCUT2D eigenvalue weighted by Gasteiger charge is 2.55. The summed E-state index contributed by atoms with van der Waals surface area (Å²) in [5, 5.41) is 0.